The topological polar surface area (TPSA) is 62.2 Å². The monoisotopic (exact) mass is 236 g/mol. The minimum absolute atomic E-state index is 0.0429. The number of hydrogen-bond donors (Lipinski definition) is 2. The molecule has 0 spiro atoms. The molecular formula is C13H20N2O2. The van der Waals surface area contributed by atoms with Crippen LogP contribution in [0.2, 0.25) is 0 Å². The molecule has 4 heteroatoms. The quantitative estimate of drug-likeness (QED) is 0.847. The summed E-state index contributed by atoms with van der Waals surface area (Å²) in [5.74, 6) is -0.513. The Morgan fingerprint density at radius 2 is 2.00 bits per heavy atom. The van der Waals surface area contributed by atoms with E-state index in [1.165, 1.54) is 0 Å². The molecule has 94 valence electrons. The summed E-state index contributed by atoms with van der Waals surface area (Å²) in [6, 6.07) is 3.42. The van der Waals surface area contributed by atoms with Gasteiger partial charge in [-0.15, -0.1) is 0 Å². The van der Waals surface area contributed by atoms with Gasteiger partial charge in [-0.1, -0.05) is 20.8 Å². The van der Waals surface area contributed by atoms with Crippen LogP contribution in [0.4, 0.5) is 5.82 Å². The fraction of sp³-hybridized carbons (Fsp3) is 0.538. The Balaban J connectivity index is 3.04. The van der Waals surface area contributed by atoms with E-state index >= 15 is 0 Å². The molecule has 2 N–H and O–H groups in total. The highest BCUT2D eigenvalue weighted by atomic mass is 16.4. The SMILES string of the molecule is Cc1ccc(C(=O)O)c(NC(C)C(C)(C)C)n1. The molecule has 0 bridgehead atoms. The molecule has 0 aliphatic carbocycles. The predicted octanol–water partition coefficient (Wildman–Crippen LogP) is 2.93. The molecule has 0 amide bonds. The lowest BCUT2D eigenvalue weighted by atomic mass is 9.88. The number of nitrogens with one attached hydrogen (secondary N) is 1. The van der Waals surface area contributed by atoms with E-state index in [9.17, 15) is 4.79 Å². The minimum atomic E-state index is -0.957. The van der Waals surface area contributed by atoms with E-state index in [2.05, 4.69) is 31.1 Å². The lowest BCUT2D eigenvalue weighted by Crippen LogP contribution is -2.32. The molecule has 17 heavy (non-hydrogen) atoms. The van der Waals surface area contributed by atoms with Crippen LogP contribution in [0.1, 0.15) is 43.7 Å². The van der Waals surface area contributed by atoms with E-state index in [1.54, 1.807) is 12.1 Å². The highest BCUT2D eigenvalue weighted by Gasteiger charge is 2.22. The van der Waals surface area contributed by atoms with Gasteiger partial charge in [0.2, 0.25) is 0 Å². The average Bonchev–Trinajstić information content (AvgIpc) is 2.15. The van der Waals surface area contributed by atoms with Crippen molar-refractivity contribution in [2.45, 2.75) is 40.7 Å². The molecule has 0 aromatic carbocycles. The first-order valence-corrected chi connectivity index (χ1v) is 5.69. The fourth-order valence-electron chi connectivity index (χ4n) is 1.26. The predicted molar refractivity (Wildman–Crippen MR) is 68.5 cm³/mol. The molecule has 1 aromatic rings. The van der Waals surface area contributed by atoms with Crippen LogP contribution in [0.25, 0.3) is 0 Å². The van der Waals surface area contributed by atoms with Crippen LogP contribution in [0.3, 0.4) is 0 Å². The Morgan fingerprint density at radius 1 is 1.41 bits per heavy atom. The van der Waals surface area contributed by atoms with Crippen molar-refractivity contribution in [2.75, 3.05) is 5.32 Å². The van der Waals surface area contributed by atoms with E-state index < -0.39 is 5.97 Å². The number of aromatic carboxylic acids is 1. The van der Waals surface area contributed by atoms with Gasteiger partial charge in [0.05, 0.1) is 0 Å². The normalized spacial score (nSPS) is 13.2. The van der Waals surface area contributed by atoms with Crippen molar-refractivity contribution < 1.29 is 9.90 Å². The molecule has 1 atom stereocenters. The van der Waals surface area contributed by atoms with E-state index in [1.807, 2.05) is 13.8 Å². The summed E-state index contributed by atoms with van der Waals surface area (Å²) in [5.41, 5.74) is 1.06. The van der Waals surface area contributed by atoms with Crippen molar-refractivity contribution in [3.63, 3.8) is 0 Å². The summed E-state index contributed by atoms with van der Waals surface area (Å²) in [6.45, 7) is 10.2. The molecule has 0 saturated heterocycles. The molecule has 0 aliphatic heterocycles. The van der Waals surface area contributed by atoms with Crippen molar-refractivity contribution in [1.82, 2.24) is 4.98 Å². The number of carboxylic acids is 1. The Hall–Kier alpha value is -1.58. The van der Waals surface area contributed by atoms with Crippen LogP contribution >= 0.6 is 0 Å². The van der Waals surface area contributed by atoms with E-state index in [0.29, 0.717) is 5.82 Å². The van der Waals surface area contributed by atoms with Crippen molar-refractivity contribution in [3.05, 3.63) is 23.4 Å². The average molecular weight is 236 g/mol. The third-order valence-corrected chi connectivity index (χ3v) is 2.92. The maximum absolute atomic E-state index is 11.1. The Labute approximate surface area is 102 Å². The van der Waals surface area contributed by atoms with Crippen LogP contribution in [0.5, 0.6) is 0 Å². The standard InChI is InChI=1S/C13H20N2O2/c1-8-6-7-10(12(16)17)11(14-8)15-9(2)13(3,4)5/h6-7,9H,1-5H3,(H,14,15)(H,16,17). The summed E-state index contributed by atoms with van der Waals surface area (Å²) < 4.78 is 0. The molecule has 0 aliphatic rings. The zero-order chi connectivity index (χ0) is 13.2. The van der Waals surface area contributed by atoms with Gasteiger partial charge in [0.15, 0.2) is 0 Å². The van der Waals surface area contributed by atoms with Gasteiger partial charge in [0.25, 0.3) is 0 Å². The van der Waals surface area contributed by atoms with Crippen LogP contribution < -0.4 is 5.32 Å². The van der Waals surface area contributed by atoms with Gasteiger partial charge in [-0.05, 0) is 31.4 Å². The first kappa shape index (κ1) is 13.5. The van der Waals surface area contributed by atoms with Gasteiger partial charge < -0.3 is 10.4 Å². The number of aromatic nitrogens is 1. The van der Waals surface area contributed by atoms with Crippen molar-refractivity contribution >= 4 is 11.8 Å². The van der Waals surface area contributed by atoms with Crippen LogP contribution in [0.15, 0.2) is 12.1 Å². The van der Waals surface area contributed by atoms with Gasteiger partial charge in [-0.2, -0.15) is 0 Å². The summed E-state index contributed by atoms with van der Waals surface area (Å²) in [5, 5.41) is 12.3. The molecule has 0 radical (unpaired) electrons. The second kappa shape index (κ2) is 4.73. The van der Waals surface area contributed by atoms with Gasteiger partial charge in [0.1, 0.15) is 11.4 Å². The zero-order valence-electron chi connectivity index (χ0n) is 11.0. The molecule has 1 aromatic heterocycles. The lowest BCUT2D eigenvalue weighted by Gasteiger charge is -2.29. The number of hydrogen-bond acceptors (Lipinski definition) is 3. The number of anilines is 1. The third-order valence-electron chi connectivity index (χ3n) is 2.92. The lowest BCUT2D eigenvalue weighted by molar-refractivity contribution is 0.0697. The Bertz CT molecular complexity index is 422. The molecule has 1 rings (SSSR count). The highest BCUT2D eigenvalue weighted by Crippen LogP contribution is 2.23. The maximum atomic E-state index is 11.1. The second-order valence-corrected chi connectivity index (χ2v) is 5.39. The second-order valence-electron chi connectivity index (χ2n) is 5.39. The smallest absolute Gasteiger partial charge is 0.339 e. The maximum Gasteiger partial charge on any atom is 0.339 e. The molecule has 0 fully saturated rings. The number of nitrogens with zero attached hydrogens (tertiary/aromatic N) is 1. The highest BCUT2D eigenvalue weighted by molar-refractivity contribution is 5.93. The van der Waals surface area contributed by atoms with E-state index in [0.717, 1.165) is 5.69 Å². The van der Waals surface area contributed by atoms with Crippen molar-refractivity contribution in [1.29, 1.82) is 0 Å². The molecule has 0 saturated carbocycles. The van der Waals surface area contributed by atoms with Gasteiger partial charge >= 0.3 is 5.97 Å². The van der Waals surface area contributed by atoms with E-state index in [-0.39, 0.29) is 17.0 Å². The first-order valence-electron chi connectivity index (χ1n) is 5.69. The molecular weight excluding hydrogens is 216 g/mol. The molecule has 4 nitrogen and oxygen atoms in total. The summed E-state index contributed by atoms with van der Waals surface area (Å²) in [6.07, 6.45) is 0. The largest absolute Gasteiger partial charge is 0.478 e. The van der Waals surface area contributed by atoms with Crippen molar-refractivity contribution in [3.8, 4) is 0 Å². The van der Waals surface area contributed by atoms with Gasteiger partial charge in [0, 0.05) is 11.7 Å². The van der Waals surface area contributed by atoms with Crippen LogP contribution in [0, 0.1) is 12.3 Å². The number of aryl methyl sites for hydroxylation is 1. The fourth-order valence-corrected chi connectivity index (χ4v) is 1.26. The third kappa shape index (κ3) is 3.44. The van der Waals surface area contributed by atoms with E-state index in [4.69, 9.17) is 5.11 Å². The number of rotatable bonds is 3. The Kier molecular flexibility index (Phi) is 3.76. The first-order chi connectivity index (χ1) is 7.71. The van der Waals surface area contributed by atoms with Gasteiger partial charge in [-0.25, -0.2) is 9.78 Å². The summed E-state index contributed by atoms with van der Waals surface area (Å²) >= 11 is 0. The summed E-state index contributed by atoms with van der Waals surface area (Å²) in [4.78, 5) is 15.3. The van der Waals surface area contributed by atoms with Crippen LogP contribution in [-0.4, -0.2) is 22.1 Å². The minimum Gasteiger partial charge on any atom is -0.478 e. The number of carbonyl (C=O) groups is 1. The Morgan fingerprint density at radius 3 is 2.47 bits per heavy atom. The number of carboxylic acid groups (broad SMARTS) is 1. The van der Waals surface area contributed by atoms with Crippen LogP contribution in [-0.2, 0) is 0 Å². The zero-order valence-corrected chi connectivity index (χ0v) is 11.0. The summed E-state index contributed by atoms with van der Waals surface area (Å²) in [7, 11) is 0. The van der Waals surface area contributed by atoms with Crippen molar-refractivity contribution in [2.24, 2.45) is 5.41 Å². The number of pyridine rings is 1. The molecule has 1 heterocycles. The van der Waals surface area contributed by atoms with Gasteiger partial charge in [-0.3, -0.25) is 0 Å². The molecule has 1 unspecified atom stereocenters.